The highest BCUT2D eigenvalue weighted by molar-refractivity contribution is 5.57. The lowest BCUT2D eigenvalue weighted by atomic mass is 9.84. The van der Waals surface area contributed by atoms with Crippen molar-refractivity contribution in [1.82, 2.24) is 4.90 Å². The molecule has 2 atom stereocenters. The van der Waals surface area contributed by atoms with E-state index >= 15 is 0 Å². The maximum absolute atomic E-state index is 10.9. The van der Waals surface area contributed by atoms with E-state index in [4.69, 9.17) is 14.2 Å². The number of rotatable bonds is 6. The molecule has 2 N–H and O–H groups in total. The summed E-state index contributed by atoms with van der Waals surface area (Å²) in [6.45, 7) is 0.966. The van der Waals surface area contributed by atoms with Crippen molar-refractivity contribution >= 4 is 0 Å². The Kier molecular flexibility index (Phi) is 5.44. The number of ether oxygens (including phenoxy) is 3. The number of hydrogen-bond donors (Lipinski definition) is 2. The molecule has 2 aliphatic heterocycles. The summed E-state index contributed by atoms with van der Waals surface area (Å²) in [6, 6.07) is 9.81. The fourth-order valence-electron chi connectivity index (χ4n) is 4.40. The standard InChI is InChI=1S/C22H27NO5/c1-23-8-7-15-10-20-22(28-13-27-20)17(12-24)21(15)18(23)11-16(25)9-14-5-3-4-6-19(14)26-2/h3-6,10,16,18,24-25H,7-9,11-13H2,1-2H3. The normalized spacial score (nSPS) is 19.4. The number of methoxy groups -OCH3 is 1. The molecule has 28 heavy (non-hydrogen) atoms. The number of likely N-dealkylation sites (N-methyl/N-ethyl adjacent to an activating group) is 1. The molecule has 0 aliphatic carbocycles. The van der Waals surface area contributed by atoms with E-state index in [9.17, 15) is 10.2 Å². The summed E-state index contributed by atoms with van der Waals surface area (Å²) in [6.07, 6.45) is 1.43. The van der Waals surface area contributed by atoms with Crippen molar-refractivity contribution in [3.63, 3.8) is 0 Å². The van der Waals surface area contributed by atoms with Crippen LogP contribution in [0.25, 0.3) is 0 Å². The van der Waals surface area contributed by atoms with Crippen molar-refractivity contribution in [2.75, 3.05) is 27.5 Å². The Hall–Kier alpha value is -2.28. The zero-order valence-electron chi connectivity index (χ0n) is 16.4. The molecule has 0 saturated carbocycles. The number of nitrogens with zero attached hydrogens (tertiary/aromatic N) is 1. The lowest BCUT2D eigenvalue weighted by Gasteiger charge is -2.37. The van der Waals surface area contributed by atoms with E-state index in [-0.39, 0.29) is 19.4 Å². The molecule has 6 nitrogen and oxygen atoms in total. The Labute approximate surface area is 165 Å². The summed E-state index contributed by atoms with van der Waals surface area (Å²) in [5.41, 5.74) is 4.01. The number of hydrogen-bond acceptors (Lipinski definition) is 6. The second-order valence-corrected chi connectivity index (χ2v) is 7.47. The van der Waals surface area contributed by atoms with Gasteiger partial charge in [-0.2, -0.15) is 0 Å². The SMILES string of the molecule is COc1ccccc1CC(O)CC1c2c(cc3c(c2CO)OCO3)CCN1C. The highest BCUT2D eigenvalue weighted by Gasteiger charge is 2.33. The fraction of sp³-hybridized carbons (Fsp3) is 0.455. The predicted octanol–water partition coefficient (Wildman–Crippen LogP) is 2.44. The molecule has 6 heteroatoms. The minimum Gasteiger partial charge on any atom is -0.496 e. The highest BCUT2D eigenvalue weighted by atomic mass is 16.7. The Morgan fingerprint density at radius 2 is 2.11 bits per heavy atom. The van der Waals surface area contributed by atoms with Gasteiger partial charge in [-0.15, -0.1) is 0 Å². The number of para-hydroxylation sites is 1. The van der Waals surface area contributed by atoms with Crippen LogP contribution in [-0.2, 0) is 19.4 Å². The van der Waals surface area contributed by atoms with E-state index in [0.717, 1.165) is 35.4 Å². The molecule has 150 valence electrons. The van der Waals surface area contributed by atoms with Gasteiger partial charge in [0.25, 0.3) is 0 Å². The number of fused-ring (bicyclic) bond motifs is 2. The Bertz CT molecular complexity index is 853. The Morgan fingerprint density at radius 3 is 2.89 bits per heavy atom. The third-order valence-corrected chi connectivity index (χ3v) is 5.79. The van der Waals surface area contributed by atoms with Crippen molar-refractivity contribution in [2.45, 2.75) is 38.0 Å². The van der Waals surface area contributed by atoms with Crippen LogP contribution in [0.4, 0.5) is 0 Å². The van der Waals surface area contributed by atoms with E-state index in [2.05, 4.69) is 11.9 Å². The molecule has 0 fully saturated rings. The molecule has 0 bridgehead atoms. The van der Waals surface area contributed by atoms with Crippen LogP contribution in [0.15, 0.2) is 30.3 Å². The first-order valence-corrected chi connectivity index (χ1v) is 9.67. The molecule has 4 rings (SSSR count). The second-order valence-electron chi connectivity index (χ2n) is 7.47. The van der Waals surface area contributed by atoms with Crippen LogP contribution in [0.3, 0.4) is 0 Å². The third-order valence-electron chi connectivity index (χ3n) is 5.79. The van der Waals surface area contributed by atoms with Crippen molar-refractivity contribution in [1.29, 1.82) is 0 Å². The smallest absolute Gasteiger partial charge is 0.231 e. The average Bonchev–Trinajstić information content (AvgIpc) is 3.17. The third kappa shape index (κ3) is 3.43. The molecule has 0 spiro atoms. The first-order chi connectivity index (χ1) is 13.6. The number of aliphatic hydroxyl groups excluding tert-OH is 2. The lowest BCUT2D eigenvalue weighted by molar-refractivity contribution is 0.107. The van der Waals surface area contributed by atoms with Gasteiger partial charge in [-0.05, 0) is 48.7 Å². The van der Waals surface area contributed by atoms with E-state index in [1.165, 1.54) is 5.56 Å². The summed E-state index contributed by atoms with van der Waals surface area (Å²) in [4.78, 5) is 2.25. The topological polar surface area (TPSA) is 71.4 Å². The van der Waals surface area contributed by atoms with Gasteiger partial charge in [0.2, 0.25) is 6.79 Å². The quantitative estimate of drug-likeness (QED) is 0.796. The summed E-state index contributed by atoms with van der Waals surface area (Å²) < 4.78 is 16.6. The summed E-state index contributed by atoms with van der Waals surface area (Å²) >= 11 is 0. The van der Waals surface area contributed by atoms with Crippen LogP contribution >= 0.6 is 0 Å². The number of benzene rings is 2. The van der Waals surface area contributed by atoms with E-state index in [1.54, 1.807) is 7.11 Å². The zero-order valence-corrected chi connectivity index (χ0v) is 16.4. The average molecular weight is 385 g/mol. The summed E-state index contributed by atoms with van der Waals surface area (Å²) in [7, 11) is 3.71. The zero-order chi connectivity index (χ0) is 19.7. The first kappa shape index (κ1) is 19.1. The largest absolute Gasteiger partial charge is 0.496 e. The number of aliphatic hydroxyl groups is 2. The molecule has 2 aromatic carbocycles. The van der Waals surface area contributed by atoms with Gasteiger partial charge >= 0.3 is 0 Å². The Balaban J connectivity index is 1.62. The maximum atomic E-state index is 10.9. The van der Waals surface area contributed by atoms with Crippen molar-refractivity contribution in [3.8, 4) is 17.2 Å². The van der Waals surface area contributed by atoms with Gasteiger partial charge in [-0.3, -0.25) is 4.90 Å². The summed E-state index contributed by atoms with van der Waals surface area (Å²) in [5.74, 6) is 2.14. The molecule has 2 aromatic rings. The van der Waals surface area contributed by atoms with Crippen LogP contribution in [0.2, 0.25) is 0 Å². The second kappa shape index (κ2) is 7.99. The molecular weight excluding hydrogens is 358 g/mol. The van der Waals surface area contributed by atoms with Crippen LogP contribution in [0.5, 0.6) is 17.2 Å². The first-order valence-electron chi connectivity index (χ1n) is 9.67. The molecule has 0 amide bonds. The predicted molar refractivity (Wildman–Crippen MR) is 105 cm³/mol. The van der Waals surface area contributed by atoms with Gasteiger partial charge in [-0.1, -0.05) is 18.2 Å². The highest BCUT2D eigenvalue weighted by Crippen LogP contribution is 2.45. The molecule has 2 aliphatic rings. The molecular formula is C22H27NO5. The van der Waals surface area contributed by atoms with Gasteiger partial charge in [-0.25, -0.2) is 0 Å². The molecule has 2 unspecified atom stereocenters. The minimum absolute atomic E-state index is 0.00473. The van der Waals surface area contributed by atoms with Crippen molar-refractivity contribution in [2.24, 2.45) is 0 Å². The lowest BCUT2D eigenvalue weighted by Crippen LogP contribution is -2.35. The summed E-state index contributed by atoms with van der Waals surface area (Å²) in [5, 5.41) is 20.9. The Morgan fingerprint density at radius 1 is 1.29 bits per heavy atom. The van der Waals surface area contributed by atoms with Crippen LogP contribution < -0.4 is 14.2 Å². The van der Waals surface area contributed by atoms with Crippen LogP contribution in [0, 0.1) is 0 Å². The van der Waals surface area contributed by atoms with Gasteiger partial charge < -0.3 is 24.4 Å². The minimum atomic E-state index is -0.535. The molecule has 0 saturated heterocycles. The monoisotopic (exact) mass is 385 g/mol. The van der Waals surface area contributed by atoms with E-state index in [1.807, 2.05) is 30.3 Å². The van der Waals surface area contributed by atoms with Crippen molar-refractivity contribution in [3.05, 3.63) is 52.6 Å². The van der Waals surface area contributed by atoms with Crippen molar-refractivity contribution < 1.29 is 24.4 Å². The molecule has 2 heterocycles. The van der Waals surface area contributed by atoms with E-state index in [0.29, 0.717) is 24.3 Å². The molecule has 0 radical (unpaired) electrons. The molecule has 0 aromatic heterocycles. The maximum Gasteiger partial charge on any atom is 0.231 e. The van der Waals surface area contributed by atoms with Gasteiger partial charge in [0, 0.05) is 24.6 Å². The van der Waals surface area contributed by atoms with E-state index < -0.39 is 6.10 Å². The van der Waals surface area contributed by atoms with Crippen LogP contribution in [-0.4, -0.2) is 48.7 Å². The van der Waals surface area contributed by atoms with Gasteiger partial charge in [0.1, 0.15) is 5.75 Å². The van der Waals surface area contributed by atoms with Gasteiger partial charge in [0.05, 0.1) is 19.8 Å². The van der Waals surface area contributed by atoms with Gasteiger partial charge in [0.15, 0.2) is 11.5 Å². The van der Waals surface area contributed by atoms with Crippen LogP contribution in [0.1, 0.15) is 34.7 Å². The fourth-order valence-corrected chi connectivity index (χ4v) is 4.40.